The molecule has 0 bridgehead atoms. The predicted molar refractivity (Wildman–Crippen MR) is 207 cm³/mol. The Balaban J connectivity index is 1.57. The normalized spacial score (nSPS) is 23.1. The van der Waals surface area contributed by atoms with Gasteiger partial charge in [0.25, 0.3) is 0 Å². The Labute approximate surface area is 304 Å². The van der Waals surface area contributed by atoms with E-state index < -0.39 is 16.1 Å². The van der Waals surface area contributed by atoms with Crippen LogP contribution >= 0.6 is 0 Å². The van der Waals surface area contributed by atoms with Crippen LogP contribution < -0.4 is 0 Å². The van der Waals surface area contributed by atoms with Gasteiger partial charge in [-0.2, -0.15) is 5.26 Å². The van der Waals surface area contributed by atoms with Crippen LogP contribution in [0.3, 0.4) is 0 Å². The molecule has 5 rings (SSSR count). The first kappa shape index (κ1) is 38.7. The molecule has 0 N–H and O–H groups in total. The van der Waals surface area contributed by atoms with E-state index in [0.29, 0.717) is 25.0 Å². The molecule has 0 radical (unpaired) electrons. The maximum atomic E-state index is 10.3. The van der Waals surface area contributed by atoms with E-state index in [4.69, 9.17) is 23.9 Å². The number of rotatable bonds is 20. The molecule has 1 saturated heterocycles. The summed E-state index contributed by atoms with van der Waals surface area (Å²) in [6.45, 7) is 17.7. The third-order valence-corrected chi connectivity index (χ3v) is 13.5. The van der Waals surface area contributed by atoms with Crippen molar-refractivity contribution in [3.8, 4) is 6.19 Å². The molecule has 0 unspecified atom stereocenters. The summed E-state index contributed by atoms with van der Waals surface area (Å²) in [5.74, 6) is 1.92. The smallest absolute Gasteiger partial charge is 0.213 e. The molecule has 1 aliphatic heterocycles. The molecule has 1 heterocycles. The molecule has 2 aliphatic carbocycles. The minimum absolute atomic E-state index is 0.125. The second-order valence-corrected chi connectivity index (χ2v) is 28.4. The number of hydrogen-bond acceptors (Lipinski definition) is 6. The van der Waals surface area contributed by atoms with Crippen LogP contribution in [0, 0.1) is 23.3 Å². The van der Waals surface area contributed by atoms with Crippen molar-refractivity contribution in [3.63, 3.8) is 0 Å². The highest BCUT2D eigenvalue weighted by molar-refractivity contribution is 6.76. The molecule has 50 heavy (non-hydrogen) atoms. The molecule has 0 amide bonds. The van der Waals surface area contributed by atoms with Gasteiger partial charge in [-0.05, 0) is 73.6 Å². The van der Waals surface area contributed by atoms with Gasteiger partial charge in [-0.15, -0.1) is 4.99 Å². The Morgan fingerprint density at radius 3 is 1.40 bits per heavy atom. The standard InChI is InChI=1S/C40H62N4O4Si2/c1-49(2,3)23-21-45-30-47-38-36(25-32-13-9-7-10-14-32)43(27-34-17-18-34)40(42-29-41)44(28-35-19-20-35)37(26-33-15-11-8-12-16-33)39(38)48-31-46-22-24-50(4,5)6/h7-16,34-39H,17-28,30-31H2,1-6H3/t36-,37-,38+,39+/m1/s1. The number of ether oxygens (including phenoxy) is 4. The van der Waals surface area contributed by atoms with Crippen LogP contribution in [0.15, 0.2) is 65.7 Å². The second kappa shape index (κ2) is 18.3. The lowest BCUT2D eigenvalue weighted by Crippen LogP contribution is -2.54. The van der Waals surface area contributed by atoms with E-state index >= 15 is 0 Å². The van der Waals surface area contributed by atoms with E-state index in [-0.39, 0.29) is 37.9 Å². The van der Waals surface area contributed by atoms with Crippen LogP contribution in [0.1, 0.15) is 36.8 Å². The fourth-order valence-corrected chi connectivity index (χ4v) is 8.24. The van der Waals surface area contributed by atoms with Gasteiger partial charge in [-0.25, -0.2) is 0 Å². The van der Waals surface area contributed by atoms with E-state index in [0.717, 1.165) is 44.0 Å². The van der Waals surface area contributed by atoms with Crippen LogP contribution in [-0.2, 0) is 31.8 Å². The van der Waals surface area contributed by atoms with Gasteiger partial charge >= 0.3 is 0 Å². The van der Waals surface area contributed by atoms with Crippen molar-refractivity contribution in [2.24, 2.45) is 16.8 Å². The Morgan fingerprint density at radius 2 is 1.06 bits per heavy atom. The van der Waals surface area contributed by atoms with Crippen LogP contribution in [0.5, 0.6) is 0 Å². The summed E-state index contributed by atoms with van der Waals surface area (Å²) in [5.41, 5.74) is 2.45. The summed E-state index contributed by atoms with van der Waals surface area (Å²) in [5, 5.41) is 10.3. The quantitative estimate of drug-likeness (QED) is 0.0597. The Kier molecular flexibility index (Phi) is 14.2. The number of benzene rings is 2. The van der Waals surface area contributed by atoms with Gasteiger partial charge in [0.05, 0.1) is 12.1 Å². The van der Waals surface area contributed by atoms with Gasteiger partial charge in [-0.1, -0.05) is 99.9 Å². The van der Waals surface area contributed by atoms with Crippen molar-refractivity contribution in [2.75, 3.05) is 39.9 Å². The zero-order chi connectivity index (χ0) is 35.6. The average Bonchev–Trinajstić information content (AvgIpc) is 4.01. The number of hydrogen-bond donors (Lipinski definition) is 0. The van der Waals surface area contributed by atoms with Gasteiger partial charge in [0.1, 0.15) is 25.8 Å². The van der Waals surface area contributed by atoms with Crippen molar-refractivity contribution in [1.29, 1.82) is 5.26 Å². The van der Waals surface area contributed by atoms with Gasteiger partial charge < -0.3 is 28.7 Å². The molecule has 2 aromatic rings. The van der Waals surface area contributed by atoms with Crippen molar-refractivity contribution in [1.82, 2.24) is 9.80 Å². The lowest BCUT2D eigenvalue weighted by Gasteiger charge is -2.39. The molecule has 0 spiro atoms. The minimum Gasteiger partial charge on any atom is -0.356 e. The first-order valence-corrected chi connectivity index (χ1v) is 26.4. The third-order valence-electron chi connectivity index (χ3n) is 10.1. The molecule has 3 aliphatic rings. The van der Waals surface area contributed by atoms with Gasteiger partial charge in [0.2, 0.25) is 12.2 Å². The van der Waals surface area contributed by atoms with Crippen LogP contribution in [-0.4, -0.2) is 96.1 Å². The molecule has 0 aromatic heterocycles. The SMILES string of the molecule is C[Si](C)(C)CCOCO[C@@H]1[C@@H](OCOCC[Si](C)(C)C)[C@@H](Cc2ccccc2)N(CC2CC2)C(=NC#N)N(CC2CC2)[C@@H]1Cc1ccccc1. The van der Waals surface area contributed by atoms with Crippen molar-refractivity contribution >= 4 is 22.1 Å². The summed E-state index contributed by atoms with van der Waals surface area (Å²) < 4.78 is 26.5. The van der Waals surface area contributed by atoms with Gasteiger partial charge in [0, 0.05) is 42.5 Å². The minimum atomic E-state index is -1.27. The second-order valence-electron chi connectivity index (χ2n) is 17.2. The fourth-order valence-electron chi connectivity index (χ4n) is 6.72. The summed E-state index contributed by atoms with van der Waals surface area (Å²) in [6.07, 6.45) is 7.78. The van der Waals surface area contributed by atoms with Crippen LogP contribution in [0.4, 0.5) is 0 Å². The number of guanidine groups is 1. The number of aliphatic imine (C=N–C) groups is 1. The Morgan fingerprint density at radius 1 is 0.660 bits per heavy atom. The number of nitriles is 1. The first-order valence-electron chi connectivity index (χ1n) is 19.0. The molecule has 3 fully saturated rings. The largest absolute Gasteiger partial charge is 0.356 e. The van der Waals surface area contributed by atoms with E-state index in [1.165, 1.54) is 36.8 Å². The molecule has 2 aromatic carbocycles. The van der Waals surface area contributed by atoms with Crippen LogP contribution in [0.2, 0.25) is 51.4 Å². The summed E-state index contributed by atoms with van der Waals surface area (Å²) in [4.78, 5) is 9.56. The van der Waals surface area contributed by atoms with Crippen molar-refractivity contribution in [3.05, 3.63) is 71.8 Å². The zero-order valence-electron chi connectivity index (χ0n) is 31.6. The van der Waals surface area contributed by atoms with Crippen molar-refractivity contribution < 1.29 is 18.9 Å². The highest BCUT2D eigenvalue weighted by atomic mass is 28.3. The highest BCUT2D eigenvalue weighted by Gasteiger charge is 2.50. The fraction of sp³-hybridized carbons (Fsp3) is 0.650. The topological polar surface area (TPSA) is 79.5 Å². The van der Waals surface area contributed by atoms with E-state index in [1.807, 2.05) is 0 Å². The predicted octanol–water partition coefficient (Wildman–Crippen LogP) is 7.88. The van der Waals surface area contributed by atoms with E-state index in [2.05, 4.69) is 116 Å². The number of nitrogens with zero attached hydrogens (tertiary/aromatic N) is 4. The lowest BCUT2D eigenvalue weighted by molar-refractivity contribution is -0.187. The Bertz CT molecular complexity index is 1270. The molecule has 10 heteroatoms. The maximum absolute atomic E-state index is 10.3. The molecule has 4 atom stereocenters. The van der Waals surface area contributed by atoms with Crippen molar-refractivity contribution in [2.45, 2.75) is 114 Å². The lowest BCUT2D eigenvalue weighted by atomic mass is 9.90. The third kappa shape index (κ3) is 12.6. The summed E-state index contributed by atoms with van der Waals surface area (Å²) in [6, 6.07) is 23.3. The first-order chi connectivity index (χ1) is 24.0. The maximum Gasteiger partial charge on any atom is 0.213 e. The molecule has 274 valence electrons. The monoisotopic (exact) mass is 718 g/mol. The summed E-state index contributed by atoms with van der Waals surface area (Å²) in [7, 11) is -2.53. The van der Waals surface area contributed by atoms with Gasteiger partial charge in [0.15, 0.2) is 0 Å². The highest BCUT2D eigenvalue weighted by Crippen LogP contribution is 2.38. The van der Waals surface area contributed by atoms with Gasteiger partial charge in [-0.3, -0.25) is 0 Å². The summed E-state index contributed by atoms with van der Waals surface area (Å²) >= 11 is 0. The molecular formula is C40H62N4O4Si2. The molecule has 2 saturated carbocycles. The molecule has 8 nitrogen and oxygen atoms in total. The van der Waals surface area contributed by atoms with E-state index in [9.17, 15) is 5.26 Å². The Hall–Kier alpha value is -2.53. The average molecular weight is 719 g/mol. The van der Waals surface area contributed by atoms with E-state index in [1.54, 1.807) is 0 Å². The zero-order valence-corrected chi connectivity index (χ0v) is 33.6. The van der Waals surface area contributed by atoms with Crippen LogP contribution in [0.25, 0.3) is 0 Å². The molecular weight excluding hydrogens is 657 g/mol.